The number of hydrogen-bond donors (Lipinski definition) is 2. The number of rotatable bonds is 3. The third-order valence-electron chi connectivity index (χ3n) is 9.05. The molecule has 1 fully saturated rings. The van der Waals surface area contributed by atoms with E-state index in [1.807, 2.05) is 36.5 Å². The summed E-state index contributed by atoms with van der Waals surface area (Å²) in [4.78, 5) is 22.4. The van der Waals surface area contributed by atoms with Crippen LogP contribution in [0.4, 0.5) is 5.82 Å². The summed E-state index contributed by atoms with van der Waals surface area (Å²) in [5.41, 5.74) is 13.1. The van der Waals surface area contributed by atoms with Crippen LogP contribution < -0.4 is 15.8 Å². The van der Waals surface area contributed by atoms with Crippen molar-refractivity contribution < 1.29 is 9.53 Å². The third kappa shape index (κ3) is 5.41. The molecule has 44 heavy (non-hydrogen) atoms. The van der Waals surface area contributed by atoms with Crippen LogP contribution in [0, 0.1) is 0 Å². The van der Waals surface area contributed by atoms with E-state index >= 15 is 0 Å². The Morgan fingerprint density at radius 3 is 2.75 bits per heavy atom. The number of nitrogens with two attached hydrogens (primary N) is 1. The molecule has 5 aromatic rings. The van der Waals surface area contributed by atoms with E-state index in [0.717, 1.165) is 107 Å². The lowest BCUT2D eigenvalue weighted by Crippen LogP contribution is -2.39. The minimum Gasteiger partial charge on any atom is -0.496 e. The van der Waals surface area contributed by atoms with Crippen molar-refractivity contribution in [1.82, 2.24) is 25.1 Å². The largest absolute Gasteiger partial charge is 0.496 e. The SMILES string of the molecule is COc1cc(-c2ccccc2)nc2cc(-c3nn4c5c(cnc(N)c35)/C=C/CCCCCC(=O)N[C@@H]3CCC[C@@H]4C3)ccc12. The number of nitrogens with zero attached hydrogens (tertiary/aromatic N) is 4. The summed E-state index contributed by atoms with van der Waals surface area (Å²) < 4.78 is 7.96. The number of anilines is 1. The number of nitrogen functional groups attached to an aromatic ring is 1. The first-order valence-corrected chi connectivity index (χ1v) is 15.8. The highest BCUT2D eigenvalue weighted by Crippen LogP contribution is 2.40. The van der Waals surface area contributed by atoms with Crippen LogP contribution in [-0.4, -0.2) is 38.8 Å². The average Bonchev–Trinajstić information content (AvgIpc) is 3.46. The van der Waals surface area contributed by atoms with E-state index < -0.39 is 0 Å². The van der Waals surface area contributed by atoms with E-state index in [4.69, 9.17) is 20.6 Å². The maximum absolute atomic E-state index is 12.7. The van der Waals surface area contributed by atoms with Crippen LogP contribution >= 0.6 is 0 Å². The Hall–Kier alpha value is -4.72. The van der Waals surface area contributed by atoms with Crippen molar-refractivity contribution in [2.24, 2.45) is 0 Å². The molecule has 0 spiro atoms. The Morgan fingerprint density at radius 2 is 1.89 bits per heavy atom. The summed E-state index contributed by atoms with van der Waals surface area (Å²) in [6.07, 6.45) is 14.6. The molecule has 4 heterocycles. The van der Waals surface area contributed by atoms with Crippen LogP contribution in [0.1, 0.15) is 69.4 Å². The Labute approximate surface area is 257 Å². The molecule has 1 amide bonds. The summed E-state index contributed by atoms with van der Waals surface area (Å²) in [6, 6.07) is 18.6. The quantitative estimate of drug-likeness (QED) is 0.227. The topological polar surface area (TPSA) is 108 Å². The average molecular weight is 587 g/mol. The van der Waals surface area contributed by atoms with Gasteiger partial charge in [-0.15, -0.1) is 0 Å². The molecule has 0 unspecified atom stereocenters. The van der Waals surface area contributed by atoms with Gasteiger partial charge in [0.1, 0.15) is 17.3 Å². The minimum atomic E-state index is 0.132. The van der Waals surface area contributed by atoms with Gasteiger partial charge in [0.15, 0.2) is 0 Å². The number of hydrogen-bond acceptors (Lipinski definition) is 6. The van der Waals surface area contributed by atoms with Crippen LogP contribution in [0.2, 0.25) is 0 Å². The molecule has 2 atom stereocenters. The molecule has 2 aliphatic rings. The fourth-order valence-corrected chi connectivity index (χ4v) is 6.83. The zero-order valence-corrected chi connectivity index (χ0v) is 25.1. The predicted octanol–water partition coefficient (Wildman–Crippen LogP) is 7.48. The lowest BCUT2D eigenvalue weighted by atomic mass is 9.90. The van der Waals surface area contributed by atoms with Gasteiger partial charge in [0, 0.05) is 46.8 Å². The number of carbonyl (C=O) groups is 1. The van der Waals surface area contributed by atoms with Crippen LogP contribution in [0.5, 0.6) is 5.75 Å². The molecule has 8 heteroatoms. The Balaban J connectivity index is 1.40. The second-order valence-corrected chi connectivity index (χ2v) is 12.0. The van der Waals surface area contributed by atoms with E-state index in [-0.39, 0.29) is 18.0 Å². The number of aromatic nitrogens is 4. The number of benzene rings is 2. The van der Waals surface area contributed by atoms with Crippen molar-refractivity contribution in [1.29, 1.82) is 0 Å². The highest BCUT2D eigenvalue weighted by Gasteiger charge is 2.29. The van der Waals surface area contributed by atoms with Crippen LogP contribution in [0.3, 0.4) is 0 Å². The summed E-state index contributed by atoms with van der Waals surface area (Å²) in [5.74, 6) is 1.39. The molecule has 1 saturated carbocycles. The number of ether oxygens (including phenoxy) is 1. The van der Waals surface area contributed by atoms with Gasteiger partial charge in [-0.25, -0.2) is 9.97 Å². The first kappa shape index (κ1) is 28.1. The van der Waals surface area contributed by atoms with Crippen molar-refractivity contribution in [3.63, 3.8) is 0 Å². The van der Waals surface area contributed by atoms with E-state index in [1.54, 1.807) is 7.11 Å². The van der Waals surface area contributed by atoms with Gasteiger partial charge in [0.2, 0.25) is 5.91 Å². The highest BCUT2D eigenvalue weighted by atomic mass is 16.5. The van der Waals surface area contributed by atoms with Crippen molar-refractivity contribution >= 4 is 39.6 Å². The second-order valence-electron chi connectivity index (χ2n) is 12.0. The summed E-state index contributed by atoms with van der Waals surface area (Å²) in [5, 5.41) is 10.4. The van der Waals surface area contributed by atoms with Gasteiger partial charge < -0.3 is 15.8 Å². The summed E-state index contributed by atoms with van der Waals surface area (Å²) in [6.45, 7) is 0. The number of allylic oxidation sites excluding steroid dienone is 1. The number of amides is 1. The maximum atomic E-state index is 12.7. The lowest BCUT2D eigenvalue weighted by Gasteiger charge is -2.30. The third-order valence-corrected chi connectivity index (χ3v) is 9.05. The molecule has 1 aliphatic heterocycles. The summed E-state index contributed by atoms with van der Waals surface area (Å²) in [7, 11) is 1.69. The maximum Gasteiger partial charge on any atom is 0.220 e. The molecule has 0 saturated heterocycles. The molecule has 3 aromatic heterocycles. The molecule has 2 aromatic carbocycles. The first-order valence-electron chi connectivity index (χ1n) is 15.8. The predicted molar refractivity (Wildman–Crippen MR) is 176 cm³/mol. The van der Waals surface area contributed by atoms with E-state index in [1.165, 1.54) is 0 Å². The molecular formula is C36H38N6O2. The highest BCUT2D eigenvalue weighted by molar-refractivity contribution is 6.05. The molecule has 0 radical (unpaired) electrons. The molecular weight excluding hydrogens is 548 g/mol. The molecule has 8 nitrogen and oxygen atoms in total. The monoisotopic (exact) mass is 586 g/mol. The Bertz CT molecular complexity index is 1860. The molecule has 2 bridgehead atoms. The molecule has 1 aliphatic carbocycles. The second kappa shape index (κ2) is 12.1. The number of pyridine rings is 2. The van der Waals surface area contributed by atoms with E-state index in [0.29, 0.717) is 12.2 Å². The number of fused-ring (bicyclic) bond motifs is 4. The van der Waals surface area contributed by atoms with Crippen molar-refractivity contribution in [3.8, 4) is 28.3 Å². The van der Waals surface area contributed by atoms with Crippen molar-refractivity contribution in [3.05, 3.63) is 72.4 Å². The Morgan fingerprint density at radius 1 is 1.00 bits per heavy atom. The van der Waals surface area contributed by atoms with Crippen molar-refractivity contribution in [2.75, 3.05) is 12.8 Å². The fraction of sp³-hybridized carbons (Fsp3) is 0.333. The van der Waals surface area contributed by atoms with Gasteiger partial charge in [-0.3, -0.25) is 9.48 Å². The van der Waals surface area contributed by atoms with Crippen molar-refractivity contribution in [2.45, 2.75) is 69.9 Å². The lowest BCUT2D eigenvalue weighted by molar-refractivity contribution is -0.122. The standard InChI is InChI=1S/C36H38N6O2/c1-44-31-21-29(23-11-7-5-8-12-23)40-30-19-24(17-18-28(30)31)34-33-35-25(22-38-36(33)37)13-6-3-2-4-9-16-32(43)39-26-14-10-15-27(20-26)42(35)41-34/h5-8,11-13,17-19,21-22,26-27H,2-4,9-10,14-16,20H2,1H3,(H2,37,38)(H,39,43)/b13-6+/t26-,27-/m1/s1. The van der Waals surface area contributed by atoms with Gasteiger partial charge in [-0.2, -0.15) is 5.10 Å². The zero-order chi connectivity index (χ0) is 30.0. The van der Waals surface area contributed by atoms with Crippen LogP contribution in [-0.2, 0) is 4.79 Å². The van der Waals surface area contributed by atoms with Gasteiger partial charge in [0.05, 0.1) is 35.3 Å². The Kier molecular flexibility index (Phi) is 7.73. The normalized spacial score (nSPS) is 20.1. The van der Waals surface area contributed by atoms with E-state index in [2.05, 4.69) is 51.4 Å². The number of nitrogens with one attached hydrogen (secondary N) is 1. The molecule has 3 N–H and O–H groups in total. The van der Waals surface area contributed by atoms with Gasteiger partial charge in [-0.1, -0.05) is 55.0 Å². The fourth-order valence-electron chi connectivity index (χ4n) is 6.83. The van der Waals surface area contributed by atoms with Crippen LogP contribution in [0.15, 0.2) is 66.9 Å². The van der Waals surface area contributed by atoms with Crippen LogP contribution in [0.25, 0.3) is 50.4 Å². The summed E-state index contributed by atoms with van der Waals surface area (Å²) >= 11 is 0. The number of carbonyl (C=O) groups excluding carboxylic acids is 1. The molecule has 224 valence electrons. The van der Waals surface area contributed by atoms with Gasteiger partial charge in [0.25, 0.3) is 0 Å². The van der Waals surface area contributed by atoms with E-state index in [9.17, 15) is 4.79 Å². The zero-order valence-electron chi connectivity index (χ0n) is 25.1. The minimum absolute atomic E-state index is 0.132. The van der Waals surface area contributed by atoms with Gasteiger partial charge >= 0.3 is 0 Å². The molecule has 7 rings (SSSR count). The smallest absolute Gasteiger partial charge is 0.220 e. The number of methoxy groups -OCH3 is 1. The first-order chi connectivity index (χ1) is 21.6. The van der Waals surface area contributed by atoms with Gasteiger partial charge in [-0.05, 0) is 57.1 Å².